The van der Waals surface area contributed by atoms with Crippen LogP contribution in [0.3, 0.4) is 0 Å². The molecule has 2 aromatic rings. The average molecular weight is 315 g/mol. The number of rotatable bonds is 3. The van der Waals surface area contributed by atoms with Gasteiger partial charge in [0.2, 0.25) is 0 Å². The Hall–Kier alpha value is -2.14. The molecule has 5 heteroatoms. The third-order valence-electron chi connectivity index (χ3n) is 4.70. The van der Waals surface area contributed by atoms with Crippen LogP contribution in [-0.4, -0.2) is 35.1 Å². The first-order valence-electron chi connectivity index (χ1n) is 7.92. The molecule has 1 aliphatic carbocycles. The number of hydrogen-bond donors (Lipinski definition) is 1. The Labute approximate surface area is 134 Å². The fraction of sp³-hybridized carbons (Fsp3) is 0.444. The van der Waals surface area contributed by atoms with Gasteiger partial charge in [-0.15, -0.1) is 0 Å². The summed E-state index contributed by atoms with van der Waals surface area (Å²) in [6.07, 6.45) is 3.32. The van der Waals surface area contributed by atoms with Crippen molar-refractivity contribution in [3.63, 3.8) is 0 Å². The standard InChI is InChI=1S/C18H21NO4/c1-12-13-7-3-4-8-14(13)23-17(21)15(12)16(20)19(2)11-18(22)9-5-6-10-18/h3-4,7-8,22H,5-6,9-11H2,1-2H3. The van der Waals surface area contributed by atoms with E-state index in [1.807, 2.05) is 12.1 Å². The summed E-state index contributed by atoms with van der Waals surface area (Å²) in [7, 11) is 1.62. The number of aryl methyl sites for hydroxylation is 1. The summed E-state index contributed by atoms with van der Waals surface area (Å²) >= 11 is 0. The van der Waals surface area contributed by atoms with Crippen LogP contribution in [0.15, 0.2) is 33.5 Å². The van der Waals surface area contributed by atoms with Crippen molar-refractivity contribution in [2.75, 3.05) is 13.6 Å². The van der Waals surface area contributed by atoms with Crippen LogP contribution in [0.1, 0.15) is 41.6 Å². The van der Waals surface area contributed by atoms with Gasteiger partial charge in [-0.25, -0.2) is 4.79 Å². The quantitative estimate of drug-likeness (QED) is 0.883. The highest BCUT2D eigenvalue weighted by molar-refractivity contribution is 5.99. The third kappa shape index (κ3) is 2.88. The molecule has 1 aromatic heterocycles. The van der Waals surface area contributed by atoms with Gasteiger partial charge in [0.1, 0.15) is 11.1 Å². The smallest absolute Gasteiger partial charge is 0.349 e. The molecule has 3 rings (SSSR count). The lowest BCUT2D eigenvalue weighted by Gasteiger charge is -2.28. The second kappa shape index (κ2) is 5.81. The second-order valence-corrected chi connectivity index (χ2v) is 6.48. The van der Waals surface area contributed by atoms with Gasteiger partial charge in [-0.05, 0) is 31.4 Å². The maximum atomic E-state index is 12.7. The van der Waals surface area contributed by atoms with E-state index in [1.165, 1.54) is 4.90 Å². The Morgan fingerprint density at radius 1 is 1.30 bits per heavy atom. The first-order chi connectivity index (χ1) is 10.9. The lowest BCUT2D eigenvalue weighted by molar-refractivity contribution is 0.0155. The summed E-state index contributed by atoms with van der Waals surface area (Å²) in [6.45, 7) is 1.99. The Balaban J connectivity index is 1.96. The number of carbonyl (C=O) groups is 1. The topological polar surface area (TPSA) is 70.8 Å². The number of benzene rings is 1. The van der Waals surface area contributed by atoms with Gasteiger partial charge in [0, 0.05) is 19.0 Å². The zero-order valence-electron chi connectivity index (χ0n) is 13.5. The van der Waals surface area contributed by atoms with Gasteiger partial charge >= 0.3 is 5.63 Å². The van der Waals surface area contributed by atoms with Gasteiger partial charge < -0.3 is 14.4 Å². The highest BCUT2D eigenvalue weighted by Gasteiger charge is 2.34. The van der Waals surface area contributed by atoms with E-state index in [4.69, 9.17) is 4.42 Å². The number of amides is 1. The van der Waals surface area contributed by atoms with Gasteiger partial charge in [-0.2, -0.15) is 0 Å². The molecule has 1 heterocycles. The Morgan fingerprint density at radius 3 is 2.65 bits per heavy atom. The largest absolute Gasteiger partial charge is 0.422 e. The maximum absolute atomic E-state index is 12.7. The summed E-state index contributed by atoms with van der Waals surface area (Å²) in [5.41, 5.74) is -0.324. The predicted octanol–water partition coefficient (Wildman–Crippen LogP) is 2.48. The summed E-state index contributed by atoms with van der Waals surface area (Å²) < 4.78 is 5.27. The van der Waals surface area contributed by atoms with E-state index in [2.05, 4.69) is 0 Å². The number of carbonyl (C=O) groups excluding carboxylic acids is 1. The van der Waals surface area contributed by atoms with E-state index in [0.29, 0.717) is 24.0 Å². The van der Waals surface area contributed by atoms with Crippen molar-refractivity contribution in [1.82, 2.24) is 4.90 Å². The first-order valence-corrected chi connectivity index (χ1v) is 7.92. The third-order valence-corrected chi connectivity index (χ3v) is 4.70. The van der Waals surface area contributed by atoms with Crippen LogP contribution in [0.25, 0.3) is 11.0 Å². The average Bonchev–Trinajstić information content (AvgIpc) is 2.93. The van der Waals surface area contributed by atoms with Gasteiger partial charge in [0.25, 0.3) is 5.91 Å². The maximum Gasteiger partial charge on any atom is 0.349 e. The van der Waals surface area contributed by atoms with Crippen molar-refractivity contribution in [1.29, 1.82) is 0 Å². The summed E-state index contributed by atoms with van der Waals surface area (Å²) in [6, 6.07) is 7.17. The van der Waals surface area contributed by atoms with E-state index < -0.39 is 17.1 Å². The molecule has 0 aliphatic heterocycles. The molecule has 5 nitrogen and oxygen atoms in total. The van der Waals surface area contributed by atoms with Crippen molar-refractivity contribution >= 4 is 16.9 Å². The van der Waals surface area contributed by atoms with Crippen LogP contribution in [0.4, 0.5) is 0 Å². The number of hydrogen-bond acceptors (Lipinski definition) is 4. The first kappa shape index (κ1) is 15.7. The van der Waals surface area contributed by atoms with Crippen LogP contribution in [0, 0.1) is 6.92 Å². The van der Waals surface area contributed by atoms with Crippen molar-refractivity contribution < 1.29 is 14.3 Å². The molecule has 23 heavy (non-hydrogen) atoms. The summed E-state index contributed by atoms with van der Waals surface area (Å²) in [5, 5.41) is 11.2. The highest BCUT2D eigenvalue weighted by atomic mass is 16.4. The fourth-order valence-corrected chi connectivity index (χ4v) is 3.45. The van der Waals surface area contributed by atoms with E-state index in [-0.39, 0.29) is 12.1 Å². The molecule has 0 bridgehead atoms. The van der Waals surface area contributed by atoms with Crippen molar-refractivity contribution in [3.8, 4) is 0 Å². The predicted molar refractivity (Wildman–Crippen MR) is 87.6 cm³/mol. The Kier molecular flexibility index (Phi) is 3.98. The summed E-state index contributed by atoms with van der Waals surface area (Å²) in [5.74, 6) is -0.401. The number of nitrogens with zero attached hydrogens (tertiary/aromatic N) is 1. The molecule has 0 radical (unpaired) electrons. The number of para-hydroxylation sites is 1. The molecular weight excluding hydrogens is 294 g/mol. The fourth-order valence-electron chi connectivity index (χ4n) is 3.45. The monoisotopic (exact) mass is 315 g/mol. The zero-order valence-corrected chi connectivity index (χ0v) is 13.5. The van der Waals surface area contributed by atoms with E-state index in [9.17, 15) is 14.7 Å². The second-order valence-electron chi connectivity index (χ2n) is 6.48. The number of aliphatic hydroxyl groups is 1. The molecule has 1 aliphatic rings. The van der Waals surface area contributed by atoms with Crippen molar-refractivity contribution in [3.05, 3.63) is 45.8 Å². The Morgan fingerprint density at radius 2 is 1.96 bits per heavy atom. The molecule has 122 valence electrons. The van der Waals surface area contributed by atoms with Gasteiger partial charge in [0.05, 0.1) is 5.60 Å². The van der Waals surface area contributed by atoms with Crippen LogP contribution in [-0.2, 0) is 0 Å². The molecule has 1 fully saturated rings. The van der Waals surface area contributed by atoms with E-state index in [1.54, 1.807) is 26.1 Å². The molecular formula is C18H21NO4. The summed E-state index contributed by atoms with van der Waals surface area (Å²) in [4.78, 5) is 26.4. The van der Waals surface area contributed by atoms with E-state index >= 15 is 0 Å². The van der Waals surface area contributed by atoms with Crippen LogP contribution < -0.4 is 5.63 Å². The number of likely N-dealkylation sites (N-methyl/N-ethyl adjacent to an activating group) is 1. The van der Waals surface area contributed by atoms with Crippen LogP contribution in [0.5, 0.6) is 0 Å². The lowest BCUT2D eigenvalue weighted by Crippen LogP contribution is -2.43. The molecule has 0 saturated heterocycles. The molecule has 1 amide bonds. The van der Waals surface area contributed by atoms with Crippen molar-refractivity contribution in [2.45, 2.75) is 38.2 Å². The van der Waals surface area contributed by atoms with Gasteiger partial charge in [-0.1, -0.05) is 31.0 Å². The van der Waals surface area contributed by atoms with Crippen molar-refractivity contribution in [2.24, 2.45) is 0 Å². The molecule has 1 N–H and O–H groups in total. The molecule has 0 spiro atoms. The normalized spacial score (nSPS) is 16.7. The number of fused-ring (bicyclic) bond motifs is 1. The van der Waals surface area contributed by atoms with Crippen LogP contribution >= 0.6 is 0 Å². The van der Waals surface area contributed by atoms with Gasteiger partial charge in [-0.3, -0.25) is 4.79 Å². The zero-order chi connectivity index (χ0) is 16.6. The lowest BCUT2D eigenvalue weighted by atomic mass is 10.0. The van der Waals surface area contributed by atoms with E-state index in [0.717, 1.165) is 18.2 Å². The minimum absolute atomic E-state index is 0.0489. The van der Waals surface area contributed by atoms with Gasteiger partial charge in [0.15, 0.2) is 0 Å². The molecule has 0 atom stereocenters. The molecule has 1 saturated carbocycles. The molecule has 0 unspecified atom stereocenters. The van der Waals surface area contributed by atoms with Crippen LogP contribution in [0.2, 0.25) is 0 Å². The Bertz CT molecular complexity index is 802. The minimum atomic E-state index is -0.838. The SMILES string of the molecule is Cc1c(C(=O)N(C)CC2(O)CCCC2)c(=O)oc2ccccc12. The molecule has 1 aromatic carbocycles. The highest BCUT2D eigenvalue weighted by Crippen LogP contribution is 2.30. The minimum Gasteiger partial charge on any atom is -0.422 e.